The summed E-state index contributed by atoms with van der Waals surface area (Å²) < 4.78 is 0. The summed E-state index contributed by atoms with van der Waals surface area (Å²) in [6, 6.07) is 7.45. The number of aryl methyl sites for hydroxylation is 1. The highest BCUT2D eigenvalue weighted by atomic mass is 35.5. The molecule has 4 nitrogen and oxygen atoms in total. The predicted molar refractivity (Wildman–Crippen MR) is 82.4 cm³/mol. The predicted octanol–water partition coefficient (Wildman–Crippen LogP) is 4.19. The van der Waals surface area contributed by atoms with Crippen LogP contribution in [0, 0.1) is 6.92 Å². The van der Waals surface area contributed by atoms with E-state index < -0.39 is 0 Å². The molecule has 0 unspecified atom stereocenters. The molecule has 0 bridgehead atoms. The van der Waals surface area contributed by atoms with Crippen LogP contribution in [0.1, 0.15) is 11.5 Å². The number of aromatic amines is 1. The molecular formula is C14H12Cl2N4. The average molecular weight is 307 g/mol. The van der Waals surface area contributed by atoms with Crippen LogP contribution >= 0.6 is 23.2 Å². The van der Waals surface area contributed by atoms with Crippen molar-refractivity contribution in [1.29, 1.82) is 0 Å². The SMILES string of the molecule is Cc1cc(NCc2nc3cc(Cl)c(Cl)cc3[nH]2)ccn1. The Morgan fingerprint density at radius 2 is 2.00 bits per heavy atom. The van der Waals surface area contributed by atoms with Gasteiger partial charge < -0.3 is 10.3 Å². The lowest BCUT2D eigenvalue weighted by Gasteiger charge is -2.04. The van der Waals surface area contributed by atoms with Gasteiger partial charge in [-0.1, -0.05) is 23.2 Å². The van der Waals surface area contributed by atoms with E-state index in [2.05, 4.69) is 20.3 Å². The summed E-state index contributed by atoms with van der Waals surface area (Å²) in [4.78, 5) is 11.8. The third kappa shape index (κ3) is 2.71. The molecule has 0 aliphatic rings. The number of rotatable bonds is 3. The van der Waals surface area contributed by atoms with Crippen molar-refractivity contribution in [2.75, 3.05) is 5.32 Å². The van der Waals surface area contributed by atoms with E-state index in [9.17, 15) is 0 Å². The van der Waals surface area contributed by atoms with Gasteiger partial charge in [-0.2, -0.15) is 0 Å². The number of halogens is 2. The van der Waals surface area contributed by atoms with Crippen LogP contribution in [0.15, 0.2) is 30.5 Å². The van der Waals surface area contributed by atoms with Crippen LogP contribution < -0.4 is 5.32 Å². The van der Waals surface area contributed by atoms with Crippen LogP contribution in [0.2, 0.25) is 10.0 Å². The maximum absolute atomic E-state index is 5.98. The largest absolute Gasteiger partial charge is 0.378 e. The van der Waals surface area contributed by atoms with E-state index in [1.807, 2.05) is 19.1 Å². The van der Waals surface area contributed by atoms with Crippen molar-refractivity contribution in [2.45, 2.75) is 13.5 Å². The minimum atomic E-state index is 0.509. The number of H-pyrrole nitrogens is 1. The first-order valence-corrected chi connectivity index (χ1v) is 6.87. The number of hydrogen-bond acceptors (Lipinski definition) is 3. The van der Waals surface area contributed by atoms with Crippen molar-refractivity contribution in [3.8, 4) is 0 Å². The van der Waals surface area contributed by atoms with E-state index in [1.165, 1.54) is 0 Å². The lowest BCUT2D eigenvalue weighted by Crippen LogP contribution is -2.01. The van der Waals surface area contributed by atoms with E-state index >= 15 is 0 Å². The zero-order valence-corrected chi connectivity index (χ0v) is 12.3. The number of fused-ring (bicyclic) bond motifs is 1. The molecule has 0 atom stereocenters. The number of benzene rings is 1. The fourth-order valence-corrected chi connectivity index (χ4v) is 2.30. The Morgan fingerprint density at radius 1 is 1.20 bits per heavy atom. The molecule has 0 aliphatic heterocycles. The van der Waals surface area contributed by atoms with Crippen molar-refractivity contribution >= 4 is 39.9 Å². The summed E-state index contributed by atoms with van der Waals surface area (Å²) >= 11 is 12.0. The van der Waals surface area contributed by atoms with Crippen molar-refractivity contribution < 1.29 is 0 Å². The minimum Gasteiger partial charge on any atom is -0.378 e. The Hall–Kier alpha value is -1.78. The molecule has 3 rings (SSSR count). The highest BCUT2D eigenvalue weighted by Crippen LogP contribution is 2.26. The maximum atomic E-state index is 5.98. The lowest BCUT2D eigenvalue weighted by atomic mass is 10.3. The molecule has 102 valence electrons. The van der Waals surface area contributed by atoms with Gasteiger partial charge in [-0.15, -0.1) is 0 Å². The van der Waals surface area contributed by atoms with Crippen LogP contribution in [-0.4, -0.2) is 15.0 Å². The molecule has 2 N–H and O–H groups in total. The Kier molecular flexibility index (Phi) is 3.51. The van der Waals surface area contributed by atoms with Crippen molar-refractivity contribution in [2.24, 2.45) is 0 Å². The molecule has 0 fully saturated rings. The zero-order chi connectivity index (χ0) is 14.1. The number of nitrogens with one attached hydrogen (secondary N) is 2. The quantitative estimate of drug-likeness (QED) is 0.763. The second-order valence-electron chi connectivity index (χ2n) is 4.51. The highest BCUT2D eigenvalue weighted by Gasteiger charge is 2.06. The Balaban J connectivity index is 1.81. The van der Waals surface area contributed by atoms with Gasteiger partial charge in [0.2, 0.25) is 0 Å². The molecule has 0 spiro atoms. The molecule has 1 aromatic carbocycles. The number of hydrogen-bond donors (Lipinski definition) is 2. The topological polar surface area (TPSA) is 53.6 Å². The Bertz CT molecular complexity index is 728. The lowest BCUT2D eigenvalue weighted by molar-refractivity contribution is 1.01. The van der Waals surface area contributed by atoms with Gasteiger partial charge in [0.1, 0.15) is 5.82 Å². The summed E-state index contributed by atoms with van der Waals surface area (Å²) in [6.07, 6.45) is 1.77. The second kappa shape index (κ2) is 5.31. The summed E-state index contributed by atoms with van der Waals surface area (Å²) in [5, 5.41) is 4.32. The minimum absolute atomic E-state index is 0.509. The highest BCUT2D eigenvalue weighted by molar-refractivity contribution is 6.42. The zero-order valence-electron chi connectivity index (χ0n) is 10.7. The van der Waals surface area contributed by atoms with Crippen LogP contribution in [0.3, 0.4) is 0 Å². The van der Waals surface area contributed by atoms with Gasteiger partial charge in [0.25, 0.3) is 0 Å². The van der Waals surface area contributed by atoms with Gasteiger partial charge in [-0.05, 0) is 31.2 Å². The molecule has 3 aromatic rings. The third-order valence-corrected chi connectivity index (χ3v) is 3.65. The van der Waals surface area contributed by atoms with Crippen molar-refractivity contribution in [1.82, 2.24) is 15.0 Å². The van der Waals surface area contributed by atoms with Gasteiger partial charge in [-0.25, -0.2) is 4.98 Å². The molecule has 0 radical (unpaired) electrons. The van der Waals surface area contributed by atoms with Crippen molar-refractivity contribution in [3.05, 3.63) is 52.0 Å². The monoisotopic (exact) mass is 306 g/mol. The first-order valence-electron chi connectivity index (χ1n) is 6.12. The summed E-state index contributed by atoms with van der Waals surface area (Å²) in [7, 11) is 0. The first kappa shape index (κ1) is 13.2. The average Bonchev–Trinajstić information content (AvgIpc) is 2.79. The van der Waals surface area contributed by atoms with E-state index in [1.54, 1.807) is 18.3 Å². The molecule has 0 saturated carbocycles. The van der Waals surface area contributed by atoms with Crippen LogP contribution in [0.5, 0.6) is 0 Å². The van der Waals surface area contributed by atoms with Gasteiger partial charge in [-0.3, -0.25) is 4.98 Å². The summed E-state index contributed by atoms with van der Waals surface area (Å²) in [5.74, 6) is 0.827. The molecule has 2 heterocycles. The van der Waals surface area contributed by atoms with Gasteiger partial charge in [0.15, 0.2) is 0 Å². The fraction of sp³-hybridized carbons (Fsp3) is 0.143. The Morgan fingerprint density at radius 3 is 2.80 bits per heavy atom. The smallest absolute Gasteiger partial charge is 0.126 e. The van der Waals surface area contributed by atoms with E-state index in [0.29, 0.717) is 16.6 Å². The van der Waals surface area contributed by atoms with E-state index in [0.717, 1.165) is 28.2 Å². The van der Waals surface area contributed by atoms with Crippen LogP contribution in [-0.2, 0) is 6.54 Å². The number of aromatic nitrogens is 3. The molecule has 0 aliphatic carbocycles. The molecule has 20 heavy (non-hydrogen) atoms. The van der Waals surface area contributed by atoms with E-state index in [-0.39, 0.29) is 0 Å². The first-order chi connectivity index (χ1) is 9.61. The van der Waals surface area contributed by atoms with Gasteiger partial charge in [0.05, 0.1) is 27.6 Å². The molecule has 0 saturated heterocycles. The normalized spacial score (nSPS) is 10.9. The third-order valence-electron chi connectivity index (χ3n) is 2.93. The second-order valence-corrected chi connectivity index (χ2v) is 5.32. The number of imidazole rings is 1. The van der Waals surface area contributed by atoms with Gasteiger partial charge in [0, 0.05) is 17.6 Å². The molecular weight excluding hydrogens is 295 g/mol. The maximum Gasteiger partial charge on any atom is 0.126 e. The summed E-state index contributed by atoms with van der Waals surface area (Å²) in [5.41, 5.74) is 3.66. The molecule has 2 aromatic heterocycles. The summed E-state index contributed by atoms with van der Waals surface area (Å²) in [6.45, 7) is 2.55. The van der Waals surface area contributed by atoms with E-state index in [4.69, 9.17) is 23.2 Å². The molecule has 0 amide bonds. The standard InChI is InChI=1S/C14H12Cl2N4/c1-8-4-9(2-3-17-8)18-7-14-19-12-5-10(15)11(16)6-13(12)20-14/h2-6H,7H2,1H3,(H,17,18)(H,19,20). The van der Waals surface area contributed by atoms with Gasteiger partial charge >= 0.3 is 0 Å². The molecule has 6 heteroatoms. The fourth-order valence-electron chi connectivity index (χ4n) is 1.98. The Labute approximate surface area is 126 Å². The number of pyridine rings is 1. The number of nitrogens with zero attached hydrogens (tertiary/aromatic N) is 2. The van der Waals surface area contributed by atoms with Crippen LogP contribution in [0.25, 0.3) is 11.0 Å². The number of anilines is 1. The van der Waals surface area contributed by atoms with Crippen LogP contribution in [0.4, 0.5) is 5.69 Å². The van der Waals surface area contributed by atoms with Crippen molar-refractivity contribution in [3.63, 3.8) is 0 Å².